The van der Waals surface area contributed by atoms with Crippen molar-refractivity contribution in [3.05, 3.63) is 17.9 Å². The number of sulfonamides is 1. The molecule has 0 saturated carbocycles. The van der Waals surface area contributed by atoms with E-state index < -0.39 is 26.8 Å². The highest BCUT2D eigenvalue weighted by atomic mass is 32.2. The Kier molecular flexibility index (Phi) is 5.73. The van der Waals surface area contributed by atoms with Crippen LogP contribution in [0.5, 0.6) is 11.5 Å². The van der Waals surface area contributed by atoms with E-state index in [1.165, 1.54) is 14.2 Å². The second kappa shape index (κ2) is 6.87. The van der Waals surface area contributed by atoms with Gasteiger partial charge in [-0.15, -0.1) is 0 Å². The average Bonchev–Trinajstić information content (AvgIpc) is 2.43. The van der Waals surface area contributed by atoms with Gasteiger partial charge in [-0.05, 0) is 6.42 Å². The summed E-state index contributed by atoms with van der Waals surface area (Å²) in [6.07, 6.45) is 0.505. The molecule has 0 aliphatic rings. The SMILES string of the molecule is CCC(CN)NS(=O)(=O)c1cc(OC)c(OC)cc1F. The fraction of sp³-hybridized carbons (Fsp3) is 0.500. The second-order valence-electron chi connectivity index (χ2n) is 4.10. The number of nitrogens with one attached hydrogen (secondary N) is 1. The van der Waals surface area contributed by atoms with Crippen LogP contribution in [0.4, 0.5) is 4.39 Å². The minimum atomic E-state index is -4.01. The zero-order valence-electron chi connectivity index (χ0n) is 11.6. The second-order valence-corrected chi connectivity index (χ2v) is 5.78. The van der Waals surface area contributed by atoms with Crippen molar-refractivity contribution in [2.75, 3.05) is 20.8 Å². The van der Waals surface area contributed by atoms with Crippen molar-refractivity contribution >= 4 is 10.0 Å². The number of halogens is 1. The summed E-state index contributed by atoms with van der Waals surface area (Å²) in [6.45, 7) is 1.91. The maximum absolute atomic E-state index is 13.9. The molecule has 1 atom stereocenters. The van der Waals surface area contributed by atoms with E-state index in [1.807, 2.05) is 0 Å². The van der Waals surface area contributed by atoms with Gasteiger partial charge in [-0.3, -0.25) is 0 Å². The first-order valence-corrected chi connectivity index (χ1v) is 7.51. The van der Waals surface area contributed by atoms with Crippen molar-refractivity contribution in [1.29, 1.82) is 0 Å². The van der Waals surface area contributed by atoms with Gasteiger partial charge in [-0.1, -0.05) is 6.92 Å². The van der Waals surface area contributed by atoms with Gasteiger partial charge >= 0.3 is 0 Å². The summed E-state index contributed by atoms with van der Waals surface area (Å²) >= 11 is 0. The van der Waals surface area contributed by atoms with Gasteiger partial charge in [0.1, 0.15) is 10.7 Å². The van der Waals surface area contributed by atoms with Crippen molar-refractivity contribution in [2.24, 2.45) is 5.73 Å². The molecular weight excluding hydrogens is 287 g/mol. The molecule has 0 bridgehead atoms. The molecule has 0 radical (unpaired) electrons. The highest BCUT2D eigenvalue weighted by molar-refractivity contribution is 7.89. The van der Waals surface area contributed by atoms with E-state index in [2.05, 4.69) is 4.72 Å². The summed E-state index contributed by atoms with van der Waals surface area (Å²) in [7, 11) is -1.33. The van der Waals surface area contributed by atoms with Crippen LogP contribution in [0.1, 0.15) is 13.3 Å². The topological polar surface area (TPSA) is 90.7 Å². The highest BCUT2D eigenvalue weighted by Crippen LogP contribution is 2.31. The lowest BCUT2D eigenvalue weighted by Crippen LogP contribution is -2.39. The van der Waals surface area contributed by atoms with E-state index in [4.69, 9.17) is 15.2 Å². The lowest BCUT2D eigenvalue weighted by molar-refractivity contribution is 0.350. The van der Waals surface area contributed by atoms with Crippen LogP contribution >= 0.6 is 0 Å². The van der Waals surface area contributed by atoms with Gasteiger partial charge < -0.3 is 15.2 Å². The maximum atomic E-state index is 13.9. The molecule has 114 valence electrons. The predicted molar refractivity (Wildman–Crippen MR) is 73.0 cm³/mol. The fourth-order valence-electron chi connectivity index (χ4n) is 1.62. The number of methoxy groups -OCH3 is 2. The van der Waals surface area contributed by atoms with Crippen molar-refractivity contribution in [3.63, 3.8) is 0 Å². The summed E-state index contributed by atoms with van der Waals surface area (Å²) in [5, 5.41) is 0. The monoisotopic (exact) mass is 306 g/mol. The van der Waals surface area contributed by atoms with E-state index >= 15 is 0 Å². The Bertz CT molecular complexity index is 559. The van der Waals surface area contributed by atoms with Crippen LogP contribution in [0.15, 0.2) is 17.0 Å². The van der Waals surface area contributed by atoms with Crippen LogP contribution in [0.25, 0.3) is 0 Å². The van der Waals surface area contributed by atoms with Gasteiger partial charge in [0.2, 0.25) is 10.0 Å². The molecule has 0 amide bonds. The molecule has 1 unspecified atom stereocenters. The standard InChI is InChI=1S/C12H19FN2O4S/c1-4-8(7-14)15-20(16,17)12-6-11(19-3)10(18-2)5-9(12)13/h5-6,8,15H,4,7,14H2,1-3H3. The lowest BCUT2D eigenvalue weighted by atomic mass is 10.2. The van der Waals surface area contributed by atoms with Crippen LogP contribution in [0.3, 0.4) is 0 Å². The Labute approximate surface area is 118 Å². The Morgan fingerprint density at radius 1 is 1.30 bits per heavy atom. The Hall–Kier alpha value is -1.38. The first-order chi connectivity index (χ1) is 9.39. The van der Waals surface area contributed by atoms with Crippen molar-refractivity contribution in [3.8, 4) is 11.5 Å². The number of benzene rings is 1. The van der Waals surface area contributed by atoms with Gasteiger partial charge in [-0.25, -0.2) is 17.5 Å². The first kappa shape index (κ1) is 16.7. The lowest BCUT2D eigenvalue weighted by Gasteiger charge is -2.16. The molecule has 0 spiro atoms. The van der Waals surface area contributed by atoms with E-state index in [-0.39, 0.29) is 18.0 Å². The normalized spacial score (nSPS) is 13.1. The number of hydrogen-bond acceptors (Lipinski definition) is 5. The Morgan fingerprint density at radius 3 is 2.30 bits per heavy atom. The molecule has 0 aliphatic carbocycles. The zero-order valence-corrected chi connectivity index (χ0v) is 12.5. The molecule has 0 aromatic heterocycles. The summed E-state index contributed by atoms with van der Waals surface area (Å²) in [5.41, 5.74) is 5.44. The molecule has 0 heterocycles. The Balaban J connectivity index is 3.24. The molecular formula is C12H19FN2O4S. The van der Waals surface area contributed by atoms with Crippen molar-refractivity contribution in [2.45, 2.75) is 24.3 Å². The quantitative estimate of drug-likeness (QED) is 0.779. The number of ether oxygens (including phenoxy) is 2. The van der Waals surface area contributed by atoms with E-state index in [0.29, 0.717) is 6.42 Å². The minimum Gasteiger partial charge on any atom is -0.493 e. The van der Waals surface area contributed by atoms with Gasteiger partial charge in [0.15, 0.2) is 11.5 Å². The summed E-state index contributed by atoms with van der Waals surface area (Å²) in [4.78, 5) is -0.498. The molecule has 1 aromatic carbocycles. The molecule has 8 heteroatoms. The summed E-state index contributed by atoms with van der Waals surface area (Å²) < 4.78 is 50.4. The number of nitrogens with two attached hydrogens (primary N) is 1. The van der Waals surface area contributed by atoms with Crippen molar-refractivity contribution in [1.82, 2.24) is 4.72 Å². The molecule has 1 aromatic rings. The molecule has 1 rings (SSSR count). The first-order valence-electron chi connectivity index (χ1n) is 6.03. The smallest absolute Gasteiger partial charge is 0.243 e. The van der Waals surface area contributed by atoms with Gasteiger partial charge in [-0.2, -0.15) is 0 Å². The fourth-order valence-corrected chi connectivity index (χ4v) is 3.03. The predicted octanol–water partition coefficient (Wildman–Crippen LogP) is 0.858. The summed E-state index contributed by atoms with van der Waals surface area (Å²) in [6, 6.07) is 1.60. The van der Waals surface area contributed by atoms with Gasteiger partial charge in [0.25, 0.3) is 0 Å². The molecule has 0 aliphatic heterocycles. The number of rotatable bonds is 7. The molecule has 3 N–H and O–H groups in total. The average molecular weight is 306 g/mol. The third kappa shape index (κ3) is 3.59. The van der Waals surface area contributed by atoms with Crippen LogP contribution in [0, 0.1) is 5.82 Å². The third-order valence-electron chi connectivity index (χ3n) is 2.83. The molecule has 0 fully saturated rings. The van der Waals surface area contributed by atoms with Crippen molar-refractivity contribution < 1.29 is 22.3 Å². The maximum Gasteiger partial charge on any atom is 0.243 e. The molecule has 6 nitrogen and oxygen atoms in total. The zero-order chi connectivity index (χ0) is 15.3. The molecule has 0 saturated heterocycles. The minimum absolute atomic E-state index is 0.120. The Morgan fingerprint density at radius 2 is 1.85 bits per heavy atom. The third-order valence-corrected chi connectivity index (χ3v) is 4.36. The van der Waals surface area contributed by atoms with E-state index in [1.54, 1.807) is 6.92 Å². The van der Waals surface area contributed by atoms with Gasteiger partial charge in [0.05, 0.1) is 14.2 Å². The highest BCUT2D eigenvalue weighted by Gasteiger charge is 2.24. The molecule has 20 heavy (non-hydrogen) atoms. The van der Waals surface area contributed by atoms with E-state index in [9.17, 15) is 12.8 Å². The van der Waals surface area contributed by atoms with Crippen LogP contribution in [-0.4, -0.2) is 35.2 Å². The van der Waals surface area contributed by atoms with Crippen LogP contribution in [0.2, 0.25) is 0 Å². The largest absolute Gasteiger partial charge is 0.493 e. The summed E-state index contributed by atoms with van der Waals surface area (Å²) in [5.74, 6) is -0.660. The van der Waals surface area contributed by atoms with E-state index in [0.717, 1.165) is 12.1 Å². The van der Waals surface area contributed by atoms with Gasteiger partial charge in [0, 0.05) is 24.7 Å². The van der Waals surface area contributed by atoms with Crippen LogP contribution < -0.4 is 19.9 Å². The number of hydrogen-bond donors (Lipinski definition) is 2. The van der Waals surface area contributed by atoms with Crippen LogP contribution in [-0.2, 0) is 10.0 Å².